The fourth-order valence-corrected chi connectivity index (χ4v) is 1.93. The van der Waals surface area contributed by atoms with Crippen LogP contribution in [-0.2, 0) is 0 Å². The molecule has 1 aromatic carbocycles. The molecule has 0 heterocycles. The van der Waals surface area contributed by atoms with Crippen LogP contribution in [0.25, 0.3) is 0 Å². The highest BCUT2D eigenvalue weighted by Crippen LogP contribution is 2.06. The third kappa shape index (κ3) is 5.04. The Labute approximate surface area is 117 Å². The summed E-state index contributed by atoms with van der Waals surface area (Å²) < 4.78 is 1.14. The zero-order valence-corrected chi connectivity index (χ0v) is 12.5. The van der Waals surface area contributed by atoms with Crippen molar-refractivity contribution in [3.8, 4) is 0 Å². The van der Waals surface area contributed by atoms with Crippen molar-refractivity contribution >= 4 is 28.5 Å². The molecule has 3 nitrogen and oxygen atoms in total. The molecule has 0 aliphatic heterocycles. The molecule has 0 spiro atoms. The molecular weight excluding hydrogens is 328 g/mol. The molecule has 0 bridgehead atoms. The summed E-state index contributed by atoms with van der Waals surface area (Å²) in [4.78, 5) is 14.1. The summed E-state index contributed by atoms with van der Waals surface area (Å²) >= 11 is 2.23. The van der Waals surface area contributed by atoms with Gasteiger partial charge in [0.05, 0.1) is 0 Å². The van der Waals surface area contributed by atoms with Crippen LogP contribution in [0.2, 0.25) is 0 Å². The molecule has 0 aliphatic carbocycles. The van der Waals surface area contributed by atoms with E-state index in [0.29, 0.717) is 6.54 Å². The third-order valence-corrected chi connectivity index (χ3v) is 3.43. The number of hydrogen-bond donors (Lipinski definition) is 1. The van der Waals surface area contributed by atoms with Gasteiger partial charge in [-0.05, 0) is 59.9 Å². The molecule has 0 radical (unpaired) electrons. The molecule has 1 amide bonds. The first-order valence-electron chi connectivity index (χ1n) is 5.93. The fraction of sp³-hybridized carbons (Fsp3) is 0.462. The summed E-state index contributed by atoms with van der Waals surface area (Å²) in [7, 11) is 0. The molecule has 0 fully saturated rings. The number of halogens is 1. The van der Waals surface area contributed by atoms with E-state index in [1.807, 2.05) is 24.3 Å². The Bertz CT molecular complexity index is 347. The van der Waals surface area contributed by atoms with Gasteiger partial charge in [0.1, 0.15) is 0 Å². The van der Waals surface area contributed by atoms with Gasteiger partial charge in [-0.15, -0.1) is 0 Å². The number of carbonyl (C=O) groups is 1. The molecule has 94 valence electrons. The molecule has 4 heteroatoms. The monoisotopic (exact) mass is 347 g/mol. The molecule has 0 unspecified atom stereocenters. The van der Waals surface area contributed by atoms with E-state index >= 15 is 0 Å². The summed E-state index contributed by atoms with van der Waals surface area (Å²) in [5.74, 6) is 0.00792. The second-order valence-electron chi connectivity index (χ2n) is 3.79. The first-order chi connectivity index (χ1) is 8.17. The maximum absolute atomic E-state index is 11.8. The first-order valence-corrected chi connectivity index (χ1v) is 7.01. The van der Waals surface area contributed by atoms with E-state index in [4.69, 9.17) is 0 Å². The Morgan fingerprint density at radius 1 is 1.24 bits per heavy atom. The van der Waals surface area contributed by atoms with Gasteiger partial charge in [-0.3, -0.25) is 4.79 Å². The van der Waals surface area contributed by atoms with Gasteiger partial charge < -0.3 is 10.2 Å². The molecule has 1 rings (SSSR count). The number of benzene rings is 1. The predicted octanol–water partition coefficient (Wildman–Crippen LogP) is 2.36. The highest BCUT2D eigenvalue weighted by molar-refractivity contribution is 14.1. The van der Waals surface area contributed by atoms with Crippen molar-refractivity contribution in [2.75, 3.05) is 26.2 Å². The number of nitrogens with zero attached hydrogens (tertiary/aromatic N) is 1. The van der Waals surface area contributed by atoms with Crippen LogP contribution >= 0.6 is 22.6 Å². The number of likely N-dealkylation sites (N-methyl/N-ethyl adjacent to an activating group) is 1. The zero-order valence-electron chi connectivity index (χ0n) is 10.4. The smallest absolute Gasteiger partial charge is 0.251 e. The van der Waals surface area contributed by atoms with Crippen molar-refractivity contribution in [1.29, 1.82) is 0 Å². The van der Waals surface area contributed by atoms with Crippen LogP contribution in [0.15, 0.2) is 24.3 Å². The molecule has 0 aliphatic rings. The third-order valence-electron chi connectivity index (χ3n) is 2.71. The minimum absolute atomic E-state index is 0.00792. The summed E-state index contributed by atoms with van der Waals surface area (Å²) in [5, 5.41) is 2.93. The molecule has 0 atom stereocenters. The van der Waals surface area contributed by atoms with Crippen molar-refractivity contribution in [3.63, 3.8) is 0 Å². The van der Waals surface area contributed by atoms with Gasteiger partial charge in [-0.25, -0.2) is 0 Å². The predicted molar refractivity (Wildman–Crippen MR) is 79.3 cm³/mol. The van der Waals surface area contributed by atoms with E-state index in [9.17, 15) is 4.79 Å². The molecule has 17 heavy (non-hydrogen) atoms. The number of carbonyl (C=O) groups excluding carboxylic acids is 1. The Kier molecular flexibility index (Phi) is 6.50. The number of rotatable bonds is 6. The summed E-state index contributed by atoms with van der Waals surface area (Å²) in [6.07, 6.45) is 0. The van der Waals surface area contributed by atoms with Crippen molar-refractivity contribution in [2.45, 2.75) is 13.8 Å². The van der Waals surface area contributed by atoms with Gasteiger partial charge in [-0.1, -0.05) is 13.8 Å². The number of nitrogens with one attached hydrogen (secondary N) is 1. The minimum Gasteiger partial charge on any atom is -0.351 e. The normalized spacial score (nSPS) is 10.6. The van der Waals surface area contributed by atoms with Crippen LogP contribution in [-0.4, -0.2) is 37.0 Å². The highest BCUT2D eigenvalue weighted by atomic mass is 127. The standard InChI is InChI=1S/C13H19IN2O/c1-3-16(4-2)10-9-15-13(17)11-5-7-12(14)8-6-11/h5-8H,3-4,9-10H2,1-2H3,(H,15,17)/i13+1. The van der Waals surface area contributed by atoms with Crippen LogP contribution < -0.4 is 5.32 Å². The minimum atomic E-state index is 0.00792. The molecule has 0 aromatic heterocycles. The zero-order chi connectivity index (χ0) is 12.7. The Balaban J connectivity index is 2.37. The van der Waals surface area contributed by atoms with Gasteiger partial charge >= 0.3 is 0 Å². The fourth-order valence-electron chi connectivity index (χ4n) is 1.57. The average Bonchev–Trinajstić information content (AvgIpc) is 2.35. The summed E-state index contributed by atoms with van der Waals surface area (Å²) in [6, 6.07) is 7.60. The highest BCUT2D eigenvalue weighted by Gasteiger charge is 2.05. The van der Waals surface area contributed by atoms with Crippen molar-refractivity contribution in [2.24, 2.45) is 0 Å². The van der Waals surface area contributed by atoms with Crippen LogP contribution in [0.5, 0.6) is 0 Å². The van der Waals surface area contributed by atoms with Gasteiger partial charge in [0.25, 0.3) is 5.91 Å². The lowest BCUT2D eigenvalue weighted by atomic mass is 10.3. The van der Waals surface area contributed by atoms with E-state index in [-0.39, 0.29) is 5.91 Å². The quantitative estimate of drug-likeness (QED) is 0.633. The van der Waals surface area contributed by atoms with Crippen molar-refractivity contribution in [1.82, 2.24) is 10.2 Å². The van der Waals surface area contributed by atoms with Crippen molar-refractivity contribution in [3.05, 3.63) is 33.4 Å². The second kappa shape index (κ2) is 7.66. The van der Waals surface area contributed by atoms with Crippen molar-refractivity contribution < 1.29 is 4.79 Å². The second-order valence-corrected chi connectivity index (χ2v) is 5.04. The lowest BCUT2D eigenvalue weighted by Gasteiger charge is -2.17. The maximum Gasteiger partial charge on any atom is 0.251 e. The molecule has 0 saturated heterocycles. The van der Waals surface area contributed by atoms with Crippen LogP contribution in [0.4, 0.5) is 0 Å². The lowest BCUT2D eigenvalue weighted by Crippen LogP contribution is -2.34. The molecular formula is C13H19IN2O. The molecule has 0 saturated carbocycles. The van der Waals surface area contributed by atoms with Crippen LogP contribution in [0.3, 0.4) is 0 Å². The Hall–Kier alpha value is -0.620. The van der Waals surface area contributed by atoms with E-state index in [0.717, 1.165) is 28.8 Å². The largest absolute Gasteiger partial charge is 0.351 e. The maximum atomic E-state index is 11.8. The molecule has 1 aromatic rings. The van der Waals surface area contributed by atoms with E-state index in [1.165, 1.54) is 0 Å². The summed E-state index contributed by atoms with van der Waals surface area (Å²) in [6.45, 7) is 7.91. The Morgan fingerprint density at radius 3 is 2.35 bits per heavy atom. The van der Waals surface area contributed by atoms with Crippen LogP contribution in [0.1, 0.15) is 24.2 Å². The lowest BCUT2D eigenvalue weighted by molar-refractivity contribution is 0.0949. The number of amides is 1. The molecule has 1 N–H and O–H groups in total. The van der Waals surface area contributed by atoms with E-state index in [2.05, 4.69) is 46.7 Å². The van der Waals surface area contributed by atoms with Crippen LogP contribution in [0, 0.1) is 3.57 Å². The van der Waals surface area contributed by atoms with E-state index < -0.39 is 0 Å². The summed E-state index contributed by atoms with van der Waals surface area (Å²) in [5.41, 5.74) is 0.727. The van der Waals surface area contributed by atoms with E-state index in [1.54, 1.807) is 0 Å². The van der Waals surface area contributed by atoms with Gasteiger partial charge in [-0.2, -0.15) is 0 Å². The topological polar surface area (TPSA) is 32.3 Å². The van der Waals surface area contributed by atoms with Gasteiger partial charge in [0.2, 0.25) is 0 Å². The first kappa shape index (κ1) is 14.4. The number of hydrogen-bond acceptors (Lipinski definition) is 2. The Morgan fingerprint density at radius 2 is 1.82 bits per heavy atom. The van der Waals surface area contributed by atoms with Gasteiger partial charge in [0, 0.05) is 22.2 Å². The van der Waals surface area contributed by atoms with Gasteiger partial charge in [0.15, 0.2) is 0 Å². The SMILES string of the molecule is CCN(CC)CCN[13C](=O)c1ccc(I)cc1. The average molecular weight is 347 g/mol.